The highest BCUT2D eigenvalue weighted by atomic mass is 16.5. The Labute approximate surface area is 167 Å². The molecular weight excluding hydrogens is 352 g/mol. The second kappa shape index (κ2) is 10.5. The standard InChI is InChI=1S/C20H26N4O2.C2H6/c1-13(2)10-11-21-20(25)22-19-16-9-8-14(12-17(16)23-24-19)15-6-4-5-7-18(15)26-3;1-2/h4-5,7-9,12-13,15H,6,10-11H2,1-3H3,(H3,21,22,23,24,25);1-2H3. The molecule has 0 saturated carbocycles. The third kappa shape index (κ3) is 5.38. The number of ether oxygens (including phenoxy) is 1. The first-order valence-electron chi connectivity index (χ1n) is 10.0. The number of nitrogens with one attached hydrogen (secondary N) is 3. The molecule has 1 aromatic heterocycles. The van der Waals surface area contributed by atoms with Gasteiger partial charge in [-0.3, -0.25) is 10.4 Å². The largest absolute Gasteiger partial charge is 0.500 e. The normalized spacial score (nSPS) is 15.6. The molecule has 1 unspecified atom stereocenters. The van der Waals surface area contributed by atoms with Crippen molar-refractivity contribution in [1.29, 1.82) is 0 Å². The van der Waals surface area contributed by atoms with Crippen LogP contribution in [0.1, 0.15) is 52.0 Å². The van der Waals surface area contributed by atoms with E-state index in [1.807, 2.05) is 32.1 Å². The number of H-pyrrole nitrogens is 1. The van der Waals surface area contributed by atoms with E-state index in [0.717, 1.165) is 35.1 Å². The van der Waals surface area contributed by atoms with E-state index in [0.29, 0.717) is 18.3 Å². The molecule has 0 bridgehead atoms. The van der Waals surface area contributed by atoms with Gasteiger partial charge in [-0.15, -0.1) is 0 Å². The van der Waals surface area contributed by atoms with Crippen LogP contribution >= 0.6 is 0 Å². The van der Waals surface area contributed by atoms with Gasteiger partial charge in [-0.1, -0.05) is 45.9 Å². The number of amides is 2. The van der Waals surface area contributed by atoms with Crippen LogP contribution in [0.5, 0.6) is 0 Å². The van der Waals surface area contributed by atoms with Crippen molar-refractivity contribution >= 4 is 22.8 Å². The number of nitrogens with zero attached hydrogens (tertiary/aromatic N) is 1. The first-order valence-corrected chi connectivity index (χ1v) is 10.0. The lowest BCUT2D eigenvalue weighted by Crippen LogP contribution is -2.30. The molecule has 1 aromatic carbocycles. The Morgan fingerprint density at radius 3 is 2.86 bits per heavy atom. The van der Waals surface area contributed by atoms with Gasteiger partial charge in [-0.25, -0.2) is 4.79 Å². The second-order valence-electron chi connectivity index (χ2n) is 6.93. The number of allylic oxidation sites excluding steroid dienone is 4. The number of fused-ring (bicyclic) bond motifs is 1. The Morgan fingerprint density at radius 1 is 1.36 bits per heavy atom. The number of methoxy groups -OCH3 is 1. The van der Waals surface area contributed by atoms with Gasteiger partial charge in [0.1, 0.15) is 5.76 Å². The highest BCUT2D eigenvalue weighted by Crippen LogP contribution is 2.33. The summed E-state index contributed by atoms with van der Waals surface area (Å²) in [4.78, 5) is 12.0. The predicted molar refractivity (Wildman–Crippen MR) is 116 cm³/mol. The summed E-state index contributed by atoms with van der Waals surface area (Å²) in [7, 11) is 1.70. The van der Waals surface area contributed by atoms with Crippen molar-refractivity contribution in [2.24, 2.45) is 5.92 Å². The summed E-state index contributed by atoms with van der Waals surface area (Å²) in [5, 5.41) is 13.8. The molecule has 1 atom stereocenters. The van der Waals surface area contributed by atoms with Crippen LogP contribution in [0.4, 0.5) is 10.6 Å². The van der Waals surface area contributed by atoms with Crippen LogP contribution < -0.4 is 10.6 Å². The van der Waals surface area contributed by atoms with E-state index < -0.39 is 0 Å². The fourth-order valence-corrected chi connectivity index (χ4v) is 3.10. The third-order valence-electron chi connectivity index (χ3n) is 4.58. The van der Waals surface area contributed by atoms with Crippen molar-refractivity contribution in [3.05, 3.63) is 47.7 Å². The summed E-state index contributed by atoms with van der Waals surface area (Å²) in [6.07, 6.45) is 8.01. The number of anilines is 1. The first-order chi connectivity index (χ1) is 13.6. The molecule has 2 aromatic rings. The maximum absolute atomic E-state index is 12.0. The van der Waals surface area contributed by atoms with Crippen molar-refractivity contribution < 1.29 is 9.53 Å². The SMILES string of the molecule is CC.COC1=CC=CCC1c1ccc2c(NC(=O)NCCC(C)C)n[nH]c2c1. The zero-order valence-corrected chi connectivity index (χ0v) is 17.5. The highest BCUT2D eigenvalue weighted by molar-refractivity contribution is 5.99. The van der Waals surface area contributed by atoms with Crippen molar-refractivity contribution in [1.82, 2.24) is 15.5 Å². The van der Waals surface area contributed by atoms with Crippen LogP contribution in [0.2, 0.25) is 0 Å². The van der Waals surface area contributed by atoms with Crippen LogP contribution in [0, 0.1) is 5.92 Å². The monoisotopic (exact) mass is 384 g/mol. The molecule has 3 rings (SSSR count). The summed E-state index contributed by atoms with van der Waals surface area (Å²) in [6.45, 7) is 8.91. The molecule has 3 N–H and O–H groups in total. The molecule has 1 aliphatic carbocycles. The van der Waals surface area contributed by atoms with Gasteiger partial charge in [0.2, 0.25) is 0 Å². The smallest absolute Gasteiger partial charge is 0.320 e. The fourth-order valence-electron chi connectivity index (χ4n) is 3.10. The molecule has 6 nitrogen and oxygen atoms in total. The van der Waals surface area contributed by atoms with Gasteiger partial charge in [0.15, 0.2) is 5.82 Å². The topological polar surface area (TPSA) is 79.0 Å². The first kappa shape index (κ1) is 21.5. The number of carbonyl (C=O) groups excluding carboxylic acids is 1. The van der Waals surface area contributed by atoms with Crippen LogP contribution in [-0.4, -0.2) is 29.9 Å². The van der Waals surface area contributed by atoms with Crippen molar-refractivity contribution in [3.63, 3.8) is 0 Å². The summed E-state index contributed by atoms with van der Waals surface area (Å²) < 4.78 is 5.50. The molecule has 0 aliphatic heterocycles. The van der Waals surface area contributed by atoms with Gasteiger partial charge in [-0.2, -0.15) is 5.10 Å². The number of hydrogen-bond acceptors (Lipinski definition) is 3. The molecule has 2 amide bonds. The van der Waals surface area contributed by atoms with E-state index >= 15 is 0 Å². The molecule has 152 valence electrons. The molecule has 1 aliphatic rings. The van der Waals surface area contributed by atoms with Gasteiger partial charge in [-0.05, 0) is 42.5 Å². The minimum atomic E-state index is -0.231. The zero-order chi connectivity index (χ0) is 20.5. The van der Waals surface area contributed by atoms with Gasteiger partial charge >= 0.3 is 6.03 Å². The fraction of sp³-hybridized carbons (Fsp3) is 0.455. The molecule has 0 fully saturated rings. The predicted octanol–water partition coefficient (Wildman–Crippen LogP) is 5.33. The Kier molecular flexibility index (Phi) is 8.11. The lowest BCUT2D eigenvalue weighted by molar-refractivity contribution is 0.251. The number of aromatic amines is 1. The third-order valence-corrected chi connectivity index (χ3v) is 4.58. The van der Waals surface area contributed by atoms with E-state index in [4.69, 9.17) is 4.74 Å². The molecule has 28 heavy (non-hydrogen) atoms. The maximum Gasteiger partial charge on any atom is 0.320 e. The molecular formula is C22H32N4O2. The van der Waals surface area contributed by atoms with E-state index in [2.05, 4.69) is 52.9 Å². The molecule has 0 saturated heterocycles. The lowest BCUT2D eigenvalue weighted by atomic mass is 9.90. The average Bonchev–Trinajstić information content (AvgIpc) is 3.11. The van der Waals surface area contributed by atoms with Crippen LogP contribution in [0.25, 0.3) is 10.9 Å². The van der Waals surface area contributed by atoms with E-state index in [1.165, 1.54) is 0 Å². The number of urea groups is 1. The number of aromatic nitrogens is 2. The van der Waals surface area contributed by atoms with Crippen LogP contribution in [0.15, 0.2) is 42.2 Å². The highest BCUT2D eigenvalue weighted by Gasteiger charge is 2.19. The van der Waals surface area contributed by atoms with Crippen molar-refractivity contribution in [2.45, 2.75) is 46.5 Å². The number of carbonyl (C=O) groups is 1. The summed E-state index contributed by atoms with van der Waals surface area (Å²) in [5.41, 5.74) is 2.05. The molecule has 0 spiro atoms. The van der Waals surface area contributed by atoms with Crippen molar-refractivity contribution in [3.8, 4) is 0 Å². The Morgan fingerprint density at radius 2 is 2.14 bits per heavy atom. The zero-order valence-electron chi connectivity index (χ0n) is 17.5. The van der Waals surface area contributed by atoms with E-state index in [9.17, 15) is 4.79 Å². The van der Waals surface area contributed by atoms with Crippen molar-refractivity contribution in [2.75, 3.05) is 19.0 Å². The quantitative estimate of drug-likeness (QED) is 0.630. The van der Waals surface area contributed by atoms with Crippen LogP contribution in [-0.2, 0) is 4.74 Å². The Hall–Kier alpha value is -2.76. The minimum absolute atomic E-state index is 0.202. The average molecular weight is 385 g/mol. The summed E-state index contributed by atoms with van der Waals surface area (Å²) >= 11 is 0. The van der Waals surface area contributed by atoms with Gasteiger partial charge < -0.3 is 10.1 Å². The van der Waals surface area contributed by atoms with Gasteiger partial charge in [0.25, 0.3) is 0 Å². The van der Waals surface area contributed by atoms with Crippen LogP contribution in [0.3, 0.4) is 0 Å². The number of benzene rings is 1. The van der Waals surface area contributed by atoms with E-state index in [1.54, 1.807) is 7.11 Å². The number of rotatable bonds is 6. The Balaban J connectivity index is 0.00000136. The second-order valence-corrected chi connectivity index (χ2v) is 6.93. The lowest BCUT2D eigenvalue weighted by Gasteiger charge is -2.20. The molecule has 1 heterocycles. The van der Waals surface area contributed by atoms with Gasteiger partial charge in [0, 0.05) is 17.8 Å². The molecule has 0 radical (unpaired) electrons. The summed E-state index contributed by atoms with van der Waals surface area (Å²) in [5.74, 6) is 2.25. The molecule has 6 heteroatoms. The van der Waals surface area contributed by atoms with Gasteiger partial charge in [0.05, 0.1) is 12.6 Å². The number of hydrogen-bond donors (Lipinski definition) is 3. The Bertz CT molecular complexity index is 836. The maximum atomic E-state index is 12.0. The minimum Gasteiger partial charge on any atom is -0.500 e. The van der Waals surface area contributed by atoms with E-state index in [-0.39, 0.29) is 11.9 Å². The summed E-state index contributed by atoms with van der Waals surface area (Å²) in [6, 6.07) is 5.89.